The summed E-state index contributed by atoms with van der Waals surface area (Å²) in [5.74, 6) is 1.92. The van der Waals surface area contributed by atoms with Gasteiger partial charge in [0, 0.05) is 31.4 Å². The van der Waals surface area contributed by atoms with Crippen LogP contribution in [0.2, 0.25) is 0 Å². The Hall–Kier alpha value is -0.870. The lowest BCUT2D eigenvalue weighted by atomic mass is 9.90. The minimum Gasteiger partial charge on any atom is -0.349 e. The van der Waals surface area contributed by atoms with Crippen LogP contribution in [0.1, 0.15) is 32.5 Å². The van der Waals surface area contributed by atoms with Gasteiger partial charge >= 0.3 is 0 Å². The van der Waals surface area contributed by atoms with Gasteiger partial charge in [-0.05, 0) is 45.3 Å². The molecule has 4 nitrogen and oxygen atoms in total. The highest BCUT2D eigenvalue weighted by molar-refractivity contribution is 4.88. The Bertz CT molecular complexity index is 315. The summed E-state index contributed by atoms with van der Waals surface area (Å²) < 4.78 is 0. The molecule has 1 unspecified atom stereocenters. The normalized spacial score (nSPS) is 20.1. The zero-order chi connectivity index (χ0) is 12.8. The summed E-state index contributed by atoms with van der Waals surface area (Å²) in [7, 11) is 0. The molecular weight excluding hydrogens is 224 g/mol. The molecule has 18 heavy (non-hydrogen) atoms. The Balaban J connectivity index is 1.64. The van der Waals surface area contributed by atoms with Gasteiger partial charge in [-0.2, -0.15) is 0 Å². The summed E-state index contributed by atoms with van der Waals surface area (Å²) in [6.45, 7) is 9.34. The monoisotopic (exact) mass is 250 g/mol. The van der Waals surface area contributed by atoms with Crippen molar-refractivity contribution in [2.24, 2.45) is 5.92 Å². The first kappa shape index (κ1) is 13.6. The summed E-state index contributed by atoms with van der Waals surface area (Å²) in [6, 6.07) is 0.624. The Kier molecular flexibility index (Phi) is 5.20. The second kappa shape index (κ2) is 6.90. The smallest absolute Gasteiger partial charge is 0.107 e. The van der Waals surface area contributed by atoms with E-state index < -0.39 is 0 Å². The van der Waals surface area contributed by atoms with Crippen molar-refractivity contribution in [3.05, 3.63) is 18.2 Å². The molecule has 1 aliphatic rings. The van der Waals surface area contributed by atoms with Crippen LogP contribution in [-0.2, 0) is 6.42 Å². The van der Waals surface area contributed by atoms with Gasteiger partial charge in [0.1, 0.15) is 5.82 Å². The molecule has 0 spiro atoms. The number of aromatic amines is 1. The molecule has 2 N–H and O–H groups in total. The first-order valence-corrected chi connectivity index (χ1v) is 7.23. The average Bonchev–Trinajstić information content (AvgIpc) is 2.92. The third kappa shape index (κ3) is 3.82. The zero-order valence-electron chi connectivity index (χ0n) is 11.7. The van der Waals surface area contributed by atoms with Crippen LogP contribution in [0.25, 0.3) is 0 Å². The van der Waals surface area contributed by atoms with Gasteiger partial charge in [-0.15, -0.1) is 0 Å². The van der Waals surface area contributed by atoms with Crippen molar-refractivity contribution in [3.63, 3.8) is 0 Å². The topological polar surface area (TPSA) is 44.0 Å². The number of nitrogens with one attached hydrogen (secondary N) is 2. The highest BCUT2D eigenvalue weighted by atomic mass is 15.1. The van der Waals surface area contributed by atoms with Gasteiger partial charge in [0.25, 0.3) is 0 Å². The van der Waals surface area contributed by atoms with Crippen molar-refractivity contribution in [3.8, 4) is 0 Å². The average molecular weight is 250 g/mol. The van der Waals surface area contributed by atoms with E-state index in [1.807, 2.05) is 12.4 Å². The minimum atomic E-state index is 0.624. The van der Waals surface area contributed by atoms with Gasteiger partial charge in [-0.3, -0.25) is 0 Å². The maximum atomic E-state index is 4.24. The SMILES string of the molecule is CCN1CCC(C(C)NCCc2ncc[nH]2)CC1. The van der Waals surface area contributed by atoms with Crippen LogP contribution in [0, 0.1) is 5.92 Å². The van der Waals surface area contributed by atoms with E-state index in [2.05, 4.69) is 34.0 Å². The van der Waals surface area contributed by atoms with Gasteiger partial charge in [0.15, 0.2) is 0 Å². The molecule has 4 heteroatoms. The number of nitrogens with zero attached hydrogens (tertiary/aromatic N) is 2. The van der Waals surface area contributed by atoms with E-state index in [4.69, 9.17) is 0 Å². The maximum absolute atomic E-state index is 4.24. The number of rotatable bonds is 6. The summed E-state index contributed by atoms with van der Waals surface area (Å²) in [5, 5.41) is 3.64. The molecule has 1 aliphatic heterocycles. The number of H-pyrrole nitrogens is 1. The molecule has 0 amide bonds. The lowest BCUT2D eigenvalue weighted by Crippen LogP contribution is -2.42. The molecule has 0 aromatic carbocycles. The van der Waals surface area contributed by atoms with Crippen molar-refractivity contribution < 1.29 is 0 Å². The highest BCUT2D eigenvalue weighted by Crippen LogP contribution is 2.20. The molecule has 1 saturated heterocycles. The van der Waals surface area contributed by atoms with E-state index in [-0.39, 0.29) is 0 Å². The minimum absolute atomic E-state index is 0.624. The fourth-order valence-electron chi connectivity index (χ4n) is 2.79. The number of imidazole rings is 1. The zero-order valence-corrected chi connectivity index (χ0v) is 11.7. The van der Waals surface area contributed by atoms with Crippen LogP contribution in [0.15, 0.2) is 12.4 Å². The second-order valence-corrected chi connectivity index (χ2v) is 5.30. The highest BCUT2D eigenvalue weighted by Gasteiger charge is 2.22. The molecule has 1 fully saturated rings. The molecule has 0 aliphatic carbocycles. The number of hydrogen-bond donors (Lipinski definition) is 2. The number of piperidine rings is 1. The van der Waals surface area contributed by atoms with Gasteiger partial charge in [-0.1, -0.05) is 6.92 Å². The molecule has 0 bridgehead atoms. The second-order valence-electron chi connectivity index (χ2n) is 5.30. The van der Waals surface area contributed by atoms with E-state index in [0.717, 1.165) is 24.7 Å². The van der Waals surface area contributed by atoms with E-state index in [1.165, 1.54) is 32.5 Å². The third-order valence-electron chi connectivity index (χ3n) is 4.17. The van der Waals surface area contributed by atoms with Crippen molar-refractivity contribution in [1.29, 1.82) is 0 Å². The van der Waals surface area contributed by atoms with Crippen LogP contribution in [0.3, 0.4) is 0 Å². The van der Waals surface area contributed by atoms with Gasteiger partial charge < -0.3 is 15.2 Å². The van der Waals surface area contributed by atoms with Crippen molar-refractivity contribution in [2.45, 2.75) is 39.2 Å². The lowest BCUT2D eigenvalue weighted by Gasteiger charge is -2.34. The molecule has 1 atom stereocenters. The Morgan fingerprint density at radius 3 is 2.89 bits per heavy atom. The molecular formula is C14H26N4. The van der Waals surface area contributed by atoms with Crippen molar-refractivity contribution in [1.82, 2.24) is 20.2 Å². The quantitative estimate of drug-likeness (QED) is 0.807. The van der Waals surface area contributed by atoms with Crippen LogP contribution < -0.4 is 5.32 Å². The Labute approximate surface area is 110 Å². The summed E-state index contributed by atoms with van der Waals surface area (Å²) in [5.41, 5.74) is 0. The molecule has 1 aromatic heterocycles. The number of aromatic nitrogens is 2. The molecule has 1 aromatic rings. The predicted octanol–water partition coefficient (Wildman–Crippen LogP) is 1.66. The molecule has 2 rings (SSSR count). The fraction of sp³-hybridized carbons (Fsp3) is 0.786. The van der Waals surface area contributed by atoms with Gasteiger partial charge in [-0.25, -0.2) is 4.98 Å². The molecule has 2 heterocycles. The van der Waals surface area contributed by atoms with Crippen LogP contribution in [-0.4, -0.2) is 47.1 Å². The van der Waals surface area contributed by atoms with Crippen molar-refractivity contribution >= 4 is 0 Å². The summed E-state index contributed by atoms with van der Waals surface area (Å²) in [6.07, 6.45) is 7.37. The standard InChI is InChI=1S/C14H26N4/c1-3-18-10-5-13(6-11-18)12(2)15-7-4-14-16-8-9-17-14/h8-9,12-13,15H,3-7,10-11H2,1-2H3,(H,16,17). The first-order chi connectivity index (χ1) is 8.79. The summed E-state index contributed by atoms with van der Waals surface area (Å²) >= 11 is 0. The van der Waals surface area contributed by atoms with E-state index >= 15 is 0 Å². The van der Waals surface area contributed by atoms with Gasteiger partial charge in [0.05, 0.1) is 0 Å². The van der Waals surface area contributed by atoms with Crippen LogP contribution >= 0.6 is 0 Å². The van der Waals surface area contributed by atoms with Gasteiger partial charge in [0.2, 0.25) is 0 Å². The van der Waals surface area contributed by atoms with E-state index in [1.54, 1.807) is 0 Å². The van der Waals surface area contributed by atoms with E-state index in [9.17, 15) is 0 Å². The Morgan fingerprint density at radius 2 is 2.28 bits per heavy atom. The largest absolute Gasteiger partial charge is 0.349 e. The van der Waals surface area contributed by atoms with Crippen molar-refractivity contribution in [2.75, 3.05) is 26.2 Å². The molecule has 102 valence electrons. The van der Waals surface area contributed by atoms with Crippen LogP contribution in [0.4, 0.5) is 0 Å². The first-order valence-electron chi connectivity index (χ1n) is 7.23. The number of likely N-dealkylation sites (tertiary alicyclic amines) is 1. The van der Waals surface area contributed by atoms with E-state index in [0.29, 0.717) is 6.04 Å². The molecule has 0 radical (unpaired) electrons. The molecule has 0 saturated carbocycles. The number of hydrogen-bond acceptors (Lipinski definition) is 3. The maximum Gasteiger partial charge on any atom is 0.107 e. The van der Waals surface area contributed by atoms with Crippen LogP contribution in [0.5, 0.6) is 0 Å². The summed E-state index contributed by atoms with van der Waals surface area (Å²) in [4.78, 5) is 9.94. The third-order valence-corrected chi connectivity index (χ3v) is 4.17. The predicted molar refractivity (Wildman–Crippen MR) is 74.6 cm³/mol. The Morgan fingerprint density at radius 1 is 1.50 bits per heavy atom. The lowest BCUT2D eigenvalue weighted by molar-refractivity contribution is 0.169. The fourth-order valence-corrected chi connectivity index (χ4v) is 2.79.